The van der Waals surface area contributed by atoms with Gasteiger partial charge in [-0.25, -0.2) is 4.98 Å². The van der Waals surface area contributed by atoms with Gasteiger partial charge in [-0.2, -0.15) is 0 Å². The Morgan fingerprint density at radius 2 is 1.32 bits per heavy atom. The van der Waals surface area contributed by atoms with Crippen LogP contribution in [-0.2, 0) is 0 Å². The van der Waals surface area contributed by atoms with E-state index in [1.165, 1.54) is 12.1 Å². The van der Waals surface area contributed by atoms with Crippen LogP contribution in [0.3, 0.4) is 0 Å². The van der Waals surface area contributed by atoms with Crippen molar-refractivity contribution in [3.63, 3.8) is 0 Å². The van der Waals surface area contributed by atoms with Gasteiger partial charge in [0.2, 0.25) is 0 Å². The van der Waals surface area contributed by atoms with Crippen LogP contribution in [0.25, 0.3) is 21.8 Å². The van der Waals surface area contributed by atoms with E-state index < -0.39 is 0 Å². The molecule has 0 N–H and O–H groups in total. The van der Waals surface area contributed by atoms with E-state index in [0.717, 1.165) is 11.3 Å². The molecule has 0 amide bonds. The molecule has 25 heavy (non-hydrogen) atoms. The summed E-state index contributed by atoms with van der Waals surface area (Å²) >= 11 is 37.9. The molecule has 0 radical (unpaired) electrons. The highest BCUT2D eigenvalue weighted by molar-refractivity contribution is 7.17. The van der Waals surface area contributed by atoms with Crippen LogP contribution in [0.1, 0.15) is 9.67 Å². The Hall–Kier alpha value is -0.520. The maximum absolute atomic E-state index is 11.5. The molecule has 3 aromatic rings. The summed E-state index contributed by atoms with van der Waals surface area (Å²) in [4.78, 5) is 16.4. The Morgan fingerprint density at radius 3 is 1.88 bits per heavy atom. The number of halogens is 6. The fraction of sp³-hybridized carbons (Fsp3) is 0. The number of carbonyl (C=O) groups excluding carboxylic acids is 1. The summed E-state index contributed by atoms with van der Waals surface area (Å²) in [6.45, 7) is 0. The van der Waals surface area contributed by atoms with Gasteiger partial charge in [0.15, 0.2) is 6.29 Å². The number of benzene rings is 2. The zero-order chi connectivity index (χ0) is 18.3. The summed E-state index contributed by atoms with van der Waals surface area (Å²) in [6.07, 6.45) is 0.682. The molecule has 1 aromatic heterocycles. The largest absolute Gasteiger partial charge is 0.297 e. The zero-order valence-corrected chi connectivity index (χ0v) is 17.3. The number of aromatic nitrogens is 1. The monoisotopic (exact) mass is 469 g/mol. The molecule has 0 atom stereocenters. The zero-order valence-electron chi connectivity index (χ0n) is 11.9. The molecule has 0 saturated heterocycles. The first-order valence-electron chi connectivity index (χ1n) is 6.57. The molecule has 0 spiro atoms. The third-order valence-corrected chi connectivity index (χ3v) is 6.29. The van der Waals surface area contributed by atoms with Crippen LogP contribution in [0.5, 0.6) is 0 Å². The van der Waals surface area contributed by atoms with E-state index in [-0.39, 0.29) is 15.1 Å². The fourth-order valence-corrected chi connectivity index (χ4v) is 4.52. The molecule has 0 aliphatic heterocycles. The Kier molecular flexibility index (Phi) is 5.86. The molecule has 0 aliphatic carbocycles. The molecule has 9 heteroatoms. The van der Waals surface area contributed by atoms with Crippen molar-refractivity contribution in [2.24, 2.45) is 0 Å². The van der Waals surface area contributed by atoms with Crippen LogP contribution in [0, 0.1) is 0 Å². The molecule has 0 fully saturated rings. The van der Waals surface area contributed by atoms with Gasteiger partial charge in [-0.15, -0.1) is 11.3 Å². The van der Waals surface area contributed by atoms with Crippen LogP contribution in [0.2, 0.25) is 30.1 Å². The van der Waals surface area contributed by atoms with Gasteiger partial charge in [-0.3, -0.25) is 4.79 Å². The molecule has 0 bridgehead atoms. The molecular weight excluding hydrogens is 467 g/mol. The molecule has 1 heterocycles. The minimum atomic E-state index is 0.251. The second-order valence-corrected chi connectivity index (χ2v) is 8.32. The number of carbonyl (C=O) groups is 1. The van der Waals surface area contributed by atoms with Crippen molar-refractivity contribution >= 4 is 87.2 Å². The van der Waals surface area contributed by atoms with E-state index in [2.05, 4.69) is 4.98 Å². The summed E-state index contributed by atoms with van der Waals surface area (Å²) in [5.41, 5.74) is 1.33. The molecule has 2 nitrogen and oxygen atoms in total. The van der Waals surface area contributed by atoms with Gasteiger partial charge in [0.25, 0.3) is 0 Å². The number of hydrogen-bond acceptors (Lipinski definition) is 3. The van der Waals surface area contributed by atoms with Crippen LogP contribution >= 0.6 is 80.9 Å². The fourth-order valence-electron chi connectivity index (χ4n) is 2.16. The Labute approximate surface area is 177 Å². The second-order valence-electron chi connectivity index (χ2n) is 4.85. The lowest BCUT2D eigenvalue weighted by Crippen LogP contribution is -1.87. The van der Waals surface area contributed by atoms with Crippen LogP contribution in [0.4, 0.5) is 0 Å². The highest BCUT2D eigenvalue weighted by atomic mass is 35.5. The van der Waals surface area contributed by atoms with Crippen molar-refractivity contribution in [1.82, 2.24) is 4.98 Å². The van der Waals surface area contributed by atoms with E-state index in [1.807, 2.05) is 0 Å². The van der Waals surface area contributed by atoms with Gasteiger partial charge in [0.1, 0.15) is 5.01 Å². The molecular formula is C16H5Cl6NOS. The Bertz CT molecular complexity index is 1000. The average Bonchev–Trinajstić information content (AvgIpc) is 2.98. The van der Waals surface area contributed by atoms with Crippen molar-refractivity contribution in [2.45, 2.75) is 0 Å². The SMILES string of the molecule is O=Cc1sc(-c2cc(Cl)cc(Cl)c2Cl)nc1-c1cc(Cl)cc(Cl)c1Cl. The van der Waals surface area contributed by atoms with E-state index in [0.29, 0.717) is 48.1 Å². The van der Waals surface area contributed by atoms with Crippen molar-refractivity contribution in [1.29, 1.82) is 0 Å². The number of thiazole rings is 1. The van der Waals surface area contributed by atoms with Crippen molar-refractivity contribution in [3.8, 4) is 21.8 Å². The van der Waals surface area contributed by atoms with Gasteiger partial charge in [0.05, 0.1) is 30.7 Å². The van der Waals surface area contributed by atoms with E-state index >= 15 is 0 Å². The molecule has 3 rings (SSSR count). The number of aldehydes is 1. The molecule has 2 aromatic carbocycles. The highest BCUT2D eigenvalue weighted by Crippen LogP contribution is 2.43. The molecule has 0 aliphatic rings. The van der Waals surface area contributed by atoms with E-state index in [9.17, 15) is 4.79 Å². The summed E-state index contributed by atoms with van der Waals surface area (Å²) in [5, 5.41) is 2.34. The first-order chi connectivity index (χ1) is 11.8. The maximum atomic E-state index is 11.5. The van der Waals surface area contributed by atoms with Gasteiger partial charge in [-0.05, 0) is 24.3 Å². The summed E-state index contributed by atoms with van der Waals surface area (Å²) < 4.78 is 0. The normalized spacial score (nSPS) is 11.0. The van der Waals surface area contributed by atoms with Gasteiger partial charge in [0, 0.05) is 21.2 Å². The first kappa shape index (κ1) is 19.2. The highest BCUT2D eigenvalue weighted by Gasteiger charge is 2.20. The van der Waals surface area contributed by atoms with Crippen LogP contribution in [-0.4, -0.2) is 11.3 Å². The van der Waals surface area contributed by atoms with Crippen LogP contribution in [0.15, 0.2) is 24.3 Å². The standard InChI is InChI=1S/C16H5Cl6NOS/c17-6-1-8(13(21)10(19)3-6)15-12(5-24)25-16(23-15)9-2-7(18)4-11(20)14(9)22/h1-5H. The number of hydrogen-bond donors (Lipinski definition) is 0. The maximum Gasteiger partial charge on any atom is 0.162 e. The van der Waals surface area contributed by atoms with Gasteiger partial charge in [-0.1, -0.05) is 69.6 Å². The number of nitrogens with zero attached hydrogens (tertiary/aromatic N) is 1. The third-order valence-electron chi connectivity index (χ3n) is 3.23. The summed E-state index contributed by atoms with van der Waals surface area (Å²) in [5.74, 6) is 0. The molecule has 0 saturated carbocycles. The predicted octanol–water partition coefficient (Wildman–Crippen LogP) is 8.21. The van der Waals surface area contributed by atoms with Crippen LogP contribution < -0.4 is 0 Å². The lowest BCUT2D eigenvalue weighted by molar-refractivity contribution is 0.112. The summed E-state index contributed by atoms with van der Waals surface area (Å²) in [7, 11) is 0. The Balaban J connectivity index is 2.25. The average molecular weight is 472 g/mol. The smallest absolute Gasteiger partial charge is 0.162 e. The minimum absolute atomic E-state index is 0.251. The quantitative estimate of drug-likeness (QED) is 0.284. The van der Waals surface area contributed by atoms with Gasteiger partial charge >= 0.3 is 0 Å². The van der Waals surface area contributed by atoms with Crippen molar-refractivity contribution in [3.05, 3.63) is 59.3 Å². The Morgan fingerprint density at radius 1 is 0.800 bits per heavy atom. The van der Waals surface area contributed by atoms with E-state index in [1.54, 1.807) is 12.1 Å². The van der Waals surface area contributed by atoms with Gasteiger partial charge < -0.3 is 0 Å². The minimum Gasteiger partial charge on any atom is -0.297 e. The second kappa shape index (κ2) is 7.61. The molecule has 0 unspecified atom stereocenters. The lowest BCUT2D eigenvalue weighted by Gasteiger charge is -2.06. The summed E-state index contributed by atoms with van der Waals surface area (Å²) in [6, 6.07) is 6.25. The van der Waals surface area contributed by atoms with E-state index in [4.69, 9.17) is 69.6 Å². The van der Waals surface area contributed by atoms with Crippen molar-refractivity contribution in [2.75, 3.05) is 0 Å². The molecule has 128 valence electrons. The predicted molar refractivity (Wildman–Crippen MR) is 108 cm³/mol. The third kappa shape index (κ3) is 3.79. The first-order valence-corrected chi connectivity index (χ1v) is 9.66. The topological polar surface area (TPSA) is 30.0 Å². The lowest BCUT2D eigenvalue weighted by atomic mass is 10.1. The van der Waals surface area contributed by atoms with Crippen molar-refractivity contribution < 1.29 is 4.79 Å². The number of rotatable bonds is 3.